The normalized spacial score (nSPS) is 14.6. The topological polar surface area (TPSA) is 73.1 Å². The molecule has 0 radical (unpaired) electrons. The van der Waals surface area contributed by atoms with E-state index in [1.807, 2.05) is 0 Å². The minimum atomic E-state index is -5.28. The molecule has 0 amide bonds. The number of rotatable bonds is 1. The fourth-order valence-corrected chi connectivity index (χ4v) is 0.146. The summed E-state index contributed by atoms with van der Waals surface area (Å²) in [6.07, 6.45) is 0.657. The van der Waals surface area contributed by atoms with Crippen molar-refractivity contribution in [3.63, 3.8) is 0 Å². The van der Waals surface area contributed by atoms with Crippen LogP contribution in [0.5, 0.6) is 0 Å². The Labute approximate surface area is 57.1 Å². The largest absolute Gasteiger partial charge is 1.00 e. The number of halogens is 1. The molecule has 0 bridgehead atoms. The van der Waals surface area contributed by atoms with Gasteiger partial charge in [-0.1, -0.05) is 0 Å². The van der Waals surface area contributed by atoms with E-state index >= 15 is 0 Å². The zero-order valence-corrected chi connectivity index (χ0v) is 4.89. The molecule has 8 heavy (non-hydrogen) atoms. The average molecular weight is 131 g/mol. The van der Waals surface area contributed by atoms with Gasteiger partial charge in [0.05, 0.1) is 0 Å². The van der Waals surface area contributed by atoms with E-state index in [9.17, 15) is 4.20 Å². The van der Waals surface area contributed by atoms with Crippen LogP contribution in [0.1, 0.15) is 0 Å². The summed E-state index contributed by atoms with van der Waals surface area (Å²) in [5.74, 6) is 0. The van der Waals surface area contributed by atoms with Gasteiger partial charge in [0.2, 0.25) is 0 Å². The molecule has 40 valence electrons. The minimum Gasteiger partial charge on any atom is -0.742 e. The molecule has 0 heterocycles. The number of hydrogen-bond donors (Lipinski definition) is 0. The molecule has 4 nitrogen and oxygen atoms in total. The first-order chi connectivity index (χ1) is 3.06. The predicted octanol–water partition coefficient (Wildman–Crippen LogP) is -3.07. The second-order valence-electron chi connectivity index (χ2n) is 0.613. The number of nitriles is 1. The first-order valence-corrected chi connectivity index (χ1v) is 2.58. The summed E-state index contributed by atoms with van der Waals surface area (Å²) in [6, 6.07) is 0. The third kappa shape index (κ3) is 9.38. The molecule has 0 saturated heterocycles. The smallest absolute Gasteiger partial charge is 0.742 e. The Morgan fingerprint density at radius 1 is 1.88 bits per heavy atom. The molecule has 0 N–H and O–H groups in total. The summed E-state index contributed by atoms with van der Waals surface area (Å²) in [4.78, 5) is 9.15. The van der Waals surface area contributed by atoms with Crippen molar-refractivity contribution in [2.24, 2.45) is 0 Å². The fraction of sp³-hybridized carbons (Fsp3) is 0. The molecule has 0 spiro atoms. The molecule has 7 heteroatoms. The van der Waals surface area contributed by atoms with E-state index in [2.05, 4.69) is 4.52 Å². The standard InChI is InChI=1S/CHFNO3P.Li/c2-7(4,5)6-1-3;/h(H,4,5);/q;+1/p-1. The van der Waals surface area contributed by atoms with Crippen LogP contribution in [-0.4, -0.2) is 0 Å². The van der Waals surface area contributed by atoms with Crippen molar-refractivity contribution in [2.45, 2.75) is 0 Å². The molecule has 0 aliphatic rings. The van der Waals surface area contributed by atoms with Crippen molar-refractivity contribution in [2.75, 3.05) is 0 Å². The van der Waals surface area contributed by atoms with Crippen LogP contribution in [0.15, 0.2) is 0 Å². The molecule has 0 aliphatic heterocycles. The number of nitrogens with zero attached hydrogens (tertiary/aromatic N) is 1. The van der Waals surface area contributed by atoms with Crippen LogP contribution in [0.2, 0.25) is 0 Å². The van der Waals surface area contributed by atoms with Crippen molar-refractivity contribution in [3.8, 4) is 6.26 Å². The molecule has 0 aromatic carbocycles. The zero-order chi connectivity index (χ0) is 5.91. The second kappa shape index (κ2) is 3.94. The van der Waals surface area contributed by atoms with Crippen molar-refractivity contribution >= 4 is 7.91 Å². The predicted molar refractivity (Wildman–Crippen MR) is 15.4 cm³/mol. The van der Waals surface area contributed by atoms with Crippen LogP contribution < -0.4 is 23.8 Å². The Kier molecular flexibility index (Phi) is 5.37. The Balaban J connectivity index is 0. The summed E-state index contributed by atoms with van der Waals surface area (Å²) in [5, 5.41) is 7.32. The van der Waals surface area contributed by atoms with Crippen LogP contribution in [0, 0.1) is 11.5 Å². The molecule has 1 unspecified atom stereocenters. The molecular formula is CFLiNO3P. The third-order valence-corrected chi connectivity index (χ3v) is 0.450. The van der Waals surface area contributed by atoms with E-state index < -0.39 is 7.91 Å². The van der Waals surface area contributed by atoms with Crippen LogP contribution in [-0.2, 0) is 9.09 Å². The average Bonchev–Trinajstić information content (AvgIpc) is 1.30. The molecule has 0 saturated carbocycles. The van der Waals surface area contributed by atoms with Crippen molar-refractivity contribution in [3.05, 3.63) is 0 Å². The summed E-state index contributed by atoms with van der Waals surface area (Å²) >= 11 is 0. The first-order valence-electron chi connectivity index (χ1n) is 1.14. The third-order valence-electron chi connectivity index (χ3n) is 0.150. The van der Waals surface area contributed by atoms with Crippen LogP contribution in [0.3, 0.4) is 0 Å². The molecular weight excluding hydrogens is 131 g/mol. The van der Waals surface area contributed by atoms with Gasteiger partial charge in [-0.05, 0) is 0 Å². The van der Waals surface area contributed by atoms with Gasteiger partial charge in [-0.3, -0.25) is 4.57 Å². The van der Waals surface area contributed by atoms with E-state index in [-0.39, 0.29) is 18.9 Å². The Hall–Kier alpha value is 0.00740. The van der Waals surface area contributed by atoms with Gasteiger partial charge in [-0.15, -0.1) is 5.26 Å². The van der Waals surface area contributed by atoms with E-state index in [4.69, 9.17) is 14.7 Å². The van der Waals surface area contributed by atoms with E-state index in [0.29, 0.717) is 6.26 Å². The van der Waals surface area contributed by atoms with Crippen LogP contribution in [0.25, 0.3) is 0 Å². The summed E-state index contributed by atoms with van der Waals surface area (Å²) in [6.45, 7) is 0. The van der Waals surface area contributed by atoms with E-state index in [1.54, 1.807) is 0 Å². The van der Waals surface area contributed by atoms with Crippen molar-refractivity contribution in [1.29, 1.82) is 5.26 Å². The molecule has 1 atom stereocenters. The van der Waals surface area contributed by atoms with Crippen molar-refractivity contribution < 1.29 is 37.0 Å². The Bertz CT molecular complexity index is 137. The van der Waals surface area contributed by atoms with Gasteiger partial charge in [0.25, 0.3) is 6.26 Å². The van der Waals surface area contributed by atoms with E-state index in [0.717, 1.165) is 0 Å². The maximum atomic E-state index is 10.9. The van der Waals surface area contributed by atoms with Crippen LogP contribution >= 0.6 is 7.91 Å². The Morgan fingerprint density at radius 2 is 2.25 bits per heavy atom. The minimum absolute atomic E-state index is 0. The molecule has 0 aromatic rings. The summed E-state index contributed by atoms with van der Waals surface area (Å²) in [7, 11) is -5.28. The van der Waals surface area contributed by atoms with Crippen molar-refractivity contribution in [1.82, 2.24) is 0 Å². The monoisotopic (exact) mass is 131 g/mol. The SMILES string of the molecule is N#COP(=O)([O-])F.[Li+]. The second-order valence-corrected chi connectivity index (χ2v) is 1.66. The van der Waals surface area contributed by atoms with Gasteiger partial charge in [0, 0.05) is 0 Å². The molecule has 0 aromatic heterocycles. The fourth-order valence-electron chi connectivity index (χ4n) is 0.0488. The van der Waals surface area contributed by atoms with Gasteiger partial charge >= 0.3 is 26.8 Å². The number of hydrogen-bond acceptors (Lipinski definition) is 4. The van der Waals surface area contributed by atoms with Gasteiger partial charge in [-0.25, -0.2) is 0 Å². The maximum Gasteiger partial charge on any atom is 1.00 e. The maximum absolute atomic E-state index is 10.9. The van der Waals surface area contributed by atoms with Gasteiger partial charge < -0.3 is 9.42 Å². The quantitative estimate of drug-likeness (QED) is 0.215. The summed E-state index contributed by atoms with van der Waals surface area (Å²) < 4.78 is 23.0. The molecule has 0 aliphatic carbocycles. The van der Waals surface area contributed by atoms with Gasteiger partial charge in [0.1, 0.15) is 0 Å². The summed E-state index contributed by atoms with van der Waals surface area (Å²) in [5.41, 5.74) is 0. The van der Waals surface area contributed by atoms with E-state index in [1.165, 1.54) is 0 Å². The first kappa shape index (κ1) is 10.9. The van der Waals surface area contributed by atoms with Gasteiger partial charge in [0.15, 0.2) is 0 Å². The molecule has 0 rings (SSSR count). The van der Waals surface area contributed by atoms with Crippen LogP contribution in [0.4, 0.5) is 4.20 Å². The van der Waals surface area contributed by atoms with Gasteiger partial charge in [-0.2, -0.15) is 4.20 Å². The Morgan fingerprint density at radius 3 is 2.25 bits per heavy atom. The molecule has 0 fully saturated rings. The zero-order valence-electron chi connectivity index (χ0n) is 4.00.